The van der Waals surface area contributed by atoms with Crippen LogP contribution in [0.1, 0.15) is 0 Å². The van der Waals surface area contributed by atoms with Crippen LogP contribution in [0, 0.1) is 6.92 Å². The summed E-state index contributed by atoms with van der Waals surface area (Å²) in [6, 6.07) is 0. The van der Waals surface area contributed by atoms with Crippen molar-refractivity contribution in [2.24, 2.45) is 0 Å². The molecular formula is C2H2Cl3Co-. The molecule has 0 rings (SSSR count). The van der Waals surface area contributed by atoms with E-state index in [0.717, 1.165) is 0 Å². The number of hydrogen-bond donors (Lipinski definition) is 0. The molecule has 0 saturated heterocycles. The van der Waals surface area contributed by atoms with Crippen LogP contribution in [0.25, 0.3) is 0 Å². The first kappa shape index (κ1) is 10.4. The number of hydrogen-bond acceptors (Lipinski definition) is 0. The third-order valence-electron chi connectivity index (χ3n) is 0. The van der Waals surface area contributed by atoms with Crippen LogP contribution in [0.3, 0.4) is 0 Å². The second-order valence-corrected chi connectivity index (χ2v) is 3.13. The standard InChI is InChI=1S/C2H2Cl3.Co/c1-2(3,4)5;/h1H2;/q-1;. The molecule has 0 bridgehead atoms. The van der Waals surface area contributed by atoms with Crippen molar-refractivity contribution >= 4 is 34.8 Å². The molecule has 0 unspecified atom stereocenters. The molecular weight excluding hydrogens is 189 g/mol. The van der Waals surface area contributed by atoms with Crippen LogP contribution in [0.2, 0.25) is 0 Å². The molecule has 0 N–H and O–H groups in total. The van der Waals surface area contributed by atoms with Gasteiger partial charge in [-0.25, -0.2) is 0 Å². The van der Waals surface area contributed by atoms with Gasteiger partial charge in [0.25, 0.3) is 0 Å². The fourth-order valence-corrected chi connectivity index (χ4v) is 0. The minimum absolute atomic E-state index is 0. The van der Waals surface area contributed by atoms with Gasteiger partial charge >= 0.3 is 0 Å². The van der Waals surface area contributed by atoms with Gasteiger partial charge in [0.2, 0.25) is 0 Å². The van der Waals surface area contributed by atoms with E-state index in [1.54, 1.807) is 0 Å². The summed E-state index contributed by atoms with van der Waals surface area (Å²) in [5, 5.41) is 0. The van der Waals surface area contributed by atoms with Crippen molar-refractivity contribution in [2.75, 3.05) is 0 Å². The van der Waals surface area contributed by atoms with E-state index in [1.807, 2.05) is 0 Å². The second-order valence-electron chi connectivity index (χ2n) is 0.615. The van der Waals surface area contributed by atoms with E-state index in [4.69, 9.17) is 34.8 Å². The van der Waals surface area contributed by atoms with Crippen molar-refractivity contribution in [1.82, 2.24) is 0 Å². The van der Waals surface area contributed by atoms with Crippen molar-refractivity contribution in [3.63, 3.8) is 0 Å². The zero-order valence-electron chi connectivity index (χ0n) is 2.67. The van der Waals surface area contributed by atoms with Gasteiger partial charge < -0.3 is 0 Å². The summed E-state index contributed by atoms with van der Waals surface area (Å²) in [5.41, 5.74) is 0. The largest absolute Gasteiger partial charge is 0.293 e. The first-order valence-electron chi connectivity index (χ1n) is 0.921. The molecule has 0 saturated carbocycles. The van der Waals surface area contributed by atoms with Gasteiger partial charge in [0, 0.05) is 16.8 Å². The van der Waals surface area contributed by atoms with Gasteiger partial charge in [0.05, 0.1) is 3.79 Å². The van der Waals surface area contributed by atoms with Crippen molar-refractivity contribution in [3.8, 4) is 0 Å². The maximum absolute atomic E-state index is 4.95. The molecule has 0 amide bonds. The summed E-state index contributed by atoms with van der Waals surface area (Å²) in [7, 11) is 0. The minimum atomic E-state index is -1.33. The van der Waals surface area contributed by atoms with Crippen LogP contribution >= 0.6 is 34.8 Å². The van der Waals surface area contributed by atoms with Gasteiger partial charge in [-0.1, -0.05) is 0 Å². The summed E-state index contributed by atoms with van der Waals surface area (Å²) >= 11 is 14.8. The topological polar surface area (TPSA) is 0 Å². The first-order chi connectivity index (χ1) is 2.00. The minimum Gasteiger partial charge on any atom is -0.293 e. The molecule has 0 aliphatic rings. The second kappa shape index (κ2) is 3.39. The van der Waals surface area contributed by atoms with E-state index in [-0.39, 0.29) is 16.8 Å². The molecule has 0 atom stereocenters. The third kappa shape index (κ3) is 54.4. The van der Waals surface area contributed by atoms with Crippen LogP contribution in [-0.4, -0.2) is 3.79 Å². The zero-order valence-corrected chi connectivity index (χ0v) is 5.98. The predicted molar refractivity (Wildman–Crippen MR) is 25.6 cm³/mol. The molecule has 0 spiro atoms. The molecule has 0 fully saturated rings. The fourth-order valence-electron chi connectivity index (χ4n) is 0. The molecule has 0 nitrogen and oxygen atoms in total. The number of alkyl halides is 3. The normalized spacial score (nSPS) is 10.0. The van der Waals surface area contributed by atoms with E-state index < -0.39 is 3.79 Å². The van der Waals surface area contributed by atoms with Crippen LogP contribution in [0.5, 0.6) is 0 Å². The Balaban J connectivity index is 0. The maximum Gasteiger partial charge on any atom is 0.0703 e. The van der Waals surface area contributed by atoms with E-state index >= 15 is 0 Å². The Labute approximate surface area is 62.3 Å². The molecule has 1 radical (unpaired) electrons. The van der Waals surface area contributed by atoms with Crippen LogP contribution in [0.4, 0.5) is 0 Å². The van der Waals surface area contributed by atoms with Gasteiger partial charge in [-0.3, -0.25) is 6.92 Å². The fraction of sp³-hybridized carbons (Fsp3) is 0.500. The zero-order chi connectivity index (χ0) is 4.50. The summed E-state index contributed by atoms with van der Waals surface area (Å²) in [4.78, 5) is 0. The van der Waals surface area contributed by atoms with Crippen LogP contribution < -0.4 is 0 Å². The average molecular weight is 191 g/mol. The Kier molecular flexibility index (Phi) is 5.86. The molecule has 0 aliphatic carbocycles. The molecule has 0 aliphatic heterocycles. The molecule has 0 aromatic rings. The monoisotopic (exact) mass is 190 g/mol. The molecule has 4 heteroatoms. The molecule has 0 heterocycles. The Morgan fingerprint density at radius 1 is 1.17 bits per heavy atom. The van der Waals surface area contributed by atoms with E-state index in [0.29, 0.717) is 0 Å². The molecule has 6 heavy (non-hydrogen) atoms. The summed E-state index contributed by atoms with van der Waals surface area (Å²) < 4.78 is -1.33. The van der Waals surface area contributed by atoms with Crippen LogP contribution in [0.15, 0.2) is 0 Å². The Bertz CT molecular complexity index is 24.3. The van der Waals surface area contributed by atoms with Crippen molar-refractivity contribution < 1.29 is 16.8 Å². The van der Waals surface area contributed by atoms with Gasteiger partial charge in [-0.15, -0.1) is 34.8 Å². The summed E-state index contributed by atoms with van der Waals surface area (Å²) in [5.74, 6) is 0. The Hall–Kier alpha value is 1.38. The van der Waals surface area contributed by atoms with Crippen LogP contribution in [-0.2, 0) is 16.8 Å². The maximum atomic E-state index is 4.95. The van der Waals surface area contributed by atoms with Gasteiger partial charge in [-0.05, 0) is 0 Å². The number of halogens is 3. The van der Waals surface area contributed by atoms with Crippen molar-refractivity contribution in [2.45, 2.75) is 3.79 Å². The Morgan fingerprint density at radius 2 is 1.17 bits per heavy atom. The van der Waals surface area contributed by atoms with Crippen molar-refractivity contribution in [3.05, 3.63) is 6.92 Å². The quantitative estimate of drug-likeness (QED) is 0.407. The molecule has 0 aromatic carbocycles. The first-order valence-corrected chi connectivity index (χ1v) is 2.05. The Morgan fingerprint density at radius 3 is 1.17 bits per heavy atom. The van der Waals surface area contributed by atoms with E-state index in [2.05, 4.69) is 6.92 Å². The number of rotatable bonds is 0. The van der Waals surface area contributed by atoms with Crippen molar-refractivity contribution in [1.29, 1.82) is 0 Å². The van der Waals surface area contributed by atoms with E-state index in [1.165, 1.54) is 0 Å². The van der Waals surface area contributed by atoms with Gasteiger partial charge in [0.15, 0.2) is 0 Å². The van der Waals surface area contributed by atoms with E-state index in [9.17, 15) is 0 Å². The summed E-state index contributed by atoms with van der Waals surface area (Å²) in [6.45, 7) is 3.07. The molecule has 0 aromatic heterocycles. The third-order valence-corrected chi connectivity index (χ3v) is 0. The van der Waals surface area contributed by atoms with Gasteiger partial charge in [-0.2, -0.15) is 0 Å². The summed E-state index contributed by atoms with van der Waals surface area (Å²) in [6.07, 6.45) is 0. The SMILES string of the molecule is [CH2-]C(Cl)(Cl)Cl.[Co]. The smallest absolute Gasteiger partial charge is 0.0703 e. The van der Waals surface area contributed by atoms with Gasteiger partial charge in [0.1, 0.15) is 0 Å². The predicted octanol–water partition coefficient (Wildman–Crippen LogP) is 2.19. The molecule has 41 valence electrons. The average Bonchev–Trinajstić information content (AvgIpc) is 0.722.